The fraction of sp³-hybridized carbons (Fsp3) is 0.889. The smallest absolute Gasteiger partial charge is 0.0468 e. The first kappa shape index (κ1) is 9.96. The van der Waals surface area contributed by atoms with Gasteiger partial charge in [-0.05, 0) is 19.3 Å². The highest BCUT2D eigenvalue weighted by Crippen LogP contribution is 1.94. The molecule has 0 N–H and O–H groups in total. The van der Waals surface area contributed by atoms with Gasteiger partial charge in [0.15, 0.2) is 0 Å². The molecule has 0 fully saturated rings. The van der Waals surface area contributed by atoms with Gasteiger partial charge in [-0.1, -0.05) is 26.7 Å². The topological polar surface area (TPSA) is 9.23 Å². The highest BCUT2D eigenvalue weighted by atomic mass is 16.5. The summed E-state index contributed by atoms with van der Waals surface area (Å²) in [4.78, 5) is 0. The van der Waals surface area contributed by atoms with Crippen LogP contribution in [0, 0.1) is 6.42 Å². The maximum Gasteiger partial charge on any atom is 0.0468 e. The van der Waals surface area contributed by atoms with E-state index in [0.717, 1.165) is 26.1 Å². The molecular formula is C9H19O. The van der Waals surface area contributed by atoms with Gasteiger partial charge in [-0.2, -0.15) is 0 Å². The van der Waals surface area contributed by atoms with Crippen LogP contribution < -0.4 is 0 Å². The minimum Gasteiger partial charge on any atom is -0.381 e. The lowest BCUT2D eigenvalue weighted by molar-refractivity contribution is 0.133. The van der Waals surface area contributed by atoms with Crippen LogP contribution in [0.2, 0.25) is 0 Å². The Hall–Kier alpha value is -0.0400. The van der Waals surface area contributed by atoms with Gasteiger partial charge in [0.25, 0.3) is 0 Å². The summed E-state index contributed by atoms with van der Waals surface area (Å²) >= 11 is 0. The second-order valence-electron chi connectivity index (χ2n) is 2.45. The Kier molecular flexibility index (Phi) is 8.92. The Balaban J connectivity index is 2.65. The summed E-state index contributed by atoms with van der Waals surface area (Å²) in [6, 6.07) is 0. The second kappa shape index (κ2) is 8.96. The first-order valence-corrected chi connectivity index (χ1v) is 4.31. The normalized spacial score (nSPS) is 10.2. The molecule has 0 unspecified atom stereocenters. The number of hydrogen-bond donors (Lipinski definition) is 0. The van der Waals surface area contributed by atoms with E-state index in [0.29, 0.717) is 0 Å². The molecule has 0 aliphatic heterocycles. The third-order valence-corrected chi connectivity index (χ3v) is 1.40. The standard InChI is InChI=1S/C9H19O/c1-3-5-7-9-10-8-6-4-2/h5H,3-4,6-9H2,1-2H3. The highest BCUT2D eigenvalue weighted by Gasteiger charge is 1.86. The van der Waals surface area contributed by atoms with Gasteiger partial charge in [-0.3, -0.25) is 0 Å². The number of ether oxygens (including phenoxy) is 1. The molecule has 0 aliphatic rings. The average molecular weight is 143 g/mol. The predicted octanol–water partition coefficient (Wildman–Crippen LogP) is 2.81. The SMILES string of the molecule is CC[CH]CCOCCCC. The van der Waals surface area contributed by atoms with E-state index < -0.39 is 0 Å². The van der Waals surface area contributed by atoms with Crippen molar-refractivity contribution in [2.45, 2.75) is 39.5 Å². The van der Waals surface area contributed by atoms with Gasteiger partial charge in [0.2, 0.25) is 0 Å². The summed E-state index contributed by atoms with van der Waals surface area (Å²) in [5.41, 5.74) is 0. The van der Waals surface area contributed by atoms with Crippen LogP contribution in [0.1, 0.15) is 39.5 Å². The third kappa shape index (κ3) is 7.96. The summed E-state index contributed by atoms with van der Waals surface area (Å²) in [7, 11) is 0. The molecule has 0 amide bonds. The molecular weight excluding hydrogens is 124 g/mol. The molecule has 1 heteroatoms. The molecule has 61 valence electrons. The number of unbranched alkanes of at least 4 members (excludes halogenated alkanes) is 3. The van der Waals surface area contributed by atoms with Crippen molar-refractivity contribution in [1.29, 1.82) is 0 Å². The van der Waals surface area contributed by atoms with Crippen LogP contribution in [-0.4, -0.2) is 13.2 Å². The first-order chi connectivity index (χ1) is 4.91. The van der Waals surface area contributed by atoms with Crippen molar-refractivity contribution < 1.29 is 4.74 Å². The zero-order chi connectivity index (χ0) is 7.66. The van der Waals surface area contributed by atoms with Gasteiger partial charge in [0, 0.05) is 13.2 Å². The largest absolute Gasteiger partial charge is 0.381 e. The van der Waals surface area contributed by atoms with Crippen LogP contribution in [0.5, 0.6) is 0 Å². The lowest BCUT2D eigenvalue weighted by Gasteiger charge is -2.00. The van der Waals surface area contributed by atoms with Crippen LogP contribution >= 0.6 is 0 Å². The van der Waals surface area contributed by atoms with E-state index >= 15 is 0 Å². The molecule has 10 heavy (non-hydrogen) atoms. The lowest BCUT2D eigenvalue weighted by Crippen LogP contribution is -1.96. The Bertz CT molecular complexity index is 44.7. The molecule has 0 aromatic rings. The van der Waals surface area contributed by atoms with Gasteiger partial charge >= 0.3 is 0 Å². The summed E-state index contributed by atoms with van der Waals surface area (Å²) < 4.78 is 5.34. The summed E-state index contributed by atoms with van der Waals surface area (Å²) in [5, 5.41) is 0. The lowest BCUT2D eigenvalue weighted by atomic mass is 10.3. The second-order valence-corrected chi connectivity index (χ2v) is 2.45. The molecule has 0 heterocycles. The molecule has 0 saturated heterocycles. The van der Waals surface area contributed by atoms with Crippen LogP contribution in [-0.2, 0) is 4.74 Å². The van der Waals surface area contributed by atoms with E-state index in [4.69, 9.17) is 4.74 Å². The number of rotatable bonds is 7. The minimum absolute atomic E-state index is 0.911. The zero-order valence-electron chi connectivity index (χ0n) is 7.23. The van der Waals surface area contributed by atoms with Gasteiger partial charge < -0.3 is 4.74 Å². The van der Waals surface area contributed by atoms with Crippen LogP contribution in [0.25, 0.3) is 0 Å². The van der Waals surface area contributed by atoms with Crippen molar-refractivity contribution >= 4 is 0 Å². The molecule has 0 aromatic heterocycles. The third-order valence-electron chi connectivity index (χ3n) is 1.40. The molecule has 0 atom stereocenters. The van der Waals surface area contributed by atoms with Gasteiger partial charge in [-0.25, -0.2) is 0 Å². The Morgan fingerprint density at radius 2 is 2.00 bits per heavy atom. The fourth-order valence-electron chi connectivity index (χ4n) is 0.719. The minimum atomic E-state index is 0.911. The maximum absolute atomic E-state index is 5.34. The highest BCUT2D eigenvalue weighted by molar-refractivity contribution is 4.59. The Labute approximate surface area is 64.8 Å². The fourth-order valence-corrected chi connectivity index (χ4v) is 0.719. The molecule has 0 aromatic carbocycles. The predicted molar refractivity (Wildman–Crippen MR) is 44.9 cm³/mol. The van der Waals surface area contributed by atoms with E-state index in [9.17, 15) is 0 Å². The Morgan fingerprint density at radius 1 is 1.20 bits per heavy atom. The van der Waals surface area contributed by atoms with E-state index in [1.807, 2.05) is 0 Å². The van der Waals surface area contributed by atoms with Gasteiger partial charge in [0.05, 0.1) is 0 Å². The molecule has 0 spiro atoms. The van der Waals surface area contributed by atoms with E-state index in [1.165, 1.54) is 12.8 Å². The summed E-state index contributed by atoms with van der Waals surface area (Å²) in [6.45, 7) is 6.19. The van der Waals surface area contributed by atoms with Gasteiger partial charge in [-0.15, -0.1) is 0 Å². The van der Waals surface area contributed by atoms with Gasteiger partial charge in [0.1, 0.15) is 0 Å². The van der Waals surface area contributed by atoms with Crippen LogP contribution in [0.3, 0.4) is 0 Å². The van der Waals surface area contributed by atoms with Crippen LogP contribution in [0.15, 0.2) is 0 Å². The average Bonchev–Trinajstić information content (AvgIpc) is 1.97. The summed E-state index contributed by atoms with van der Waals surface area (Å²) in [6.07, 6.45) is 6.97. The monoisotopic (exact) mass is 143 g/mol. The number of hydrogen-bond acceptors (Lipinski definition) is 1. The zero-order valence-corrected chi connectivity index (χ0v) is 7.23. The maximum atomic E-state index is 5.34. The van der Waals surface area contributed by atoms with Crippen molar-refractivity contribution in [3.05, 3.63) is 6.42 Å². The molecule has 0 aliphatic carbocycles. The quantitative estimate of drug-likeness (QED) is 0.498. The van der Waals surface area contributed by atoms with Crippen molar-refractivity contribution in [3.63, 3.8) is 0 Å². The van der Waals surface area contributed by atoms with Crippen molar-refractivity contribution in [1.82, 2.24) is 0 Å². The van der Waals surface area contributed by atoms with Crippen LogP contribution in [0.4, 0.5) is 0 Å². The Morgan fingerprint density at radius 3 is 2.60 bits per heavy atom. The van der Waals surface area contributed by atoms with Crippen molar-refractivity contribution in [2.75, 3.05) is 13.2 Å². The molecule has 0 rings (SSSR count). The van der Waals surface area contributed by atoms with Crippen molar-refractivity contribution in [3.8, 4) is 0 Å². The first-order valence-electron chi connectivity index (χ1n) is 4.31. The van der Waals surface area contributed by atoms with E-state index in [2.05, 4.69) is 20.3 Å². The molecule has 0 saturated carbocycles. The van der Waals surface area contributed by atoms with E-state index in [-0.39, 0.29) is 0 Å². The summed E-state index contributed by atoms with van der Waals surface area (Å²) in [5.74, 6) is 0. The molecule has 1 radical (unpaired) electrons. The molecule has 1 nitrogen and oxygen atoms in total. The van der Waals surface area contributed by atoms with E-state index in [1.54, 1.807) is 0 Å². The molecule has 0 bridgehead atoms. The van der Waals surface area contributed by atoms with Crippen molar-refractivity contribution in [2.24, 2.45) is 0 Å².